The van der Waals surface area contributed by atoms with Crippen molar-refractivity contribution in [2.75, 3.05) is 7.11 Å². The van der Waals surface area contributed by atoms with E-state index in [-0.39, 0.29) is 23.8 Å². The van der Waals surface area contributed by atoms with E-state index in [1.54, 1.807) is 24.3 Å². The van der Waals surface area contributed by atoms with Gasteiger partial charge in [-0.15, -0.1) is 0 Å². The number of carboxylic acid groups (broad SMARTS) is 1. The minimum Gasteiger partial charge on any atom is -0.496 e. The number of amides is 2. The molecule has 0 aliphatic heterocycles. The summed E-state index contributed by atoms with van der Waals surface area (Å²) in [6.07, 6.45) is 1.61. The molecule has 1 aliphatic carbocycles. The van der Waals surface area contributed by atoms with Crippen LogP contribution in [0.15, 0.2) is 24.3 Å². The van der Waals surface area contributed by atoms with Crippen molar-refractivity contribution in [2.45, 2.75) is 45.2 Å². The van der Waals surface area contributed by atoms with E-state index >= 15 is 0 Å². The summed E-state index contributed by atoms with van der Waals surface area (Å²) < 4.78 is 5.19. The molecule has 142 valence electrons. The van der Waals surface area contributed by atoms with Crippen molar-refractivity contribution in [3.63, 3.8) is 0 Å². The van der Waals surface area contributed by atoms with Crippen LogP contribution in [-0.4, -0.2) is 42.1 Å². The van der Waals surface area contributed by atoms with Gasteiger partial charge in [0.25, 0.3) is 5.91 Å². The lowest BCUT2D eigenvalue weighted by Gasteiger charge is -2.24. The van der Waals surface area contributed by atoms with Crippen molar-refractivity contribution in [1.82, 2.24) is 10.6 Å². The van der Waals surface area contributed by atoms with E-state index in [0.717, 1.165) is 0 Å². The summed E-state index contributed by atoms with van der Waals surface area (Å²) in [6, 6.07) is 5.93. The van der Waals surface area contributed by atoms with Crippen LogP contribution in [0, 0.1) is 11.8 Å². The average Bonchev–Trinajstić information content (AvgIpc) is 3.07. The highest BCUT2D eigenvalue weighted by molar-refractivity contribution is 5.99. The molecule has 1 aromatic carbocycles. The smallest absolute Gasteiger partial charge is 0.306 e. The van der Waals surface area contributed by atoms with Gasteiger partial charge in [0.1, 0.15) is 11.8 Å². The Labute approximate surface area is 153 Å². The molecule has 0 saturated heterocycles. The molecule has 7 nitrogen and oxygen atoms in total. The first kappa shape index (κ1) is 19.8. The number of aliphatic carboxylic acids is 1. The second-order valence-electron chi connectivity index (χ2n) is 6.95. The van der Waals surface area contributed by atoms with Crippen LogP contribution >= 0.6 is 0 Å². The van der Waals surface area contributed by atoms with Gasteiger partial charge in [-0.3, -0.25) is 14.4 Å². The van der Waals surface area contributed by atoms with Crippen molar-refractivity contribution in [3.05, 3.63) is 29.8 Å². The van der Waals surface area contributed by atoms with Crippen molar-refractivity contribution >= 4 is 17.8 Å². The zero-order chi connectivity index (χ0) is 19.3. The molecule has 26 heavy (non-hydrogen) atoms. The third-order valence-corrected chi connectivity index (χ3v) is 4.72. The van der Waals surface area contributed by atoms with Gasteiger partial charge in [0.15, 0.2) is 0 Å². The molecule has 1 fully saturated rings. The average molecular weight is 362 g/mol. The van der Waals surface area contributed by atoms with Crippen molar-refractivity contribution in [2.24, 2.45) is 11.8 Å². The lowest BCUT2D eigenvalue weighted by atomic mass is 10.0. The summed E-state index contributed by atoms with van der Waals surface area (Å²) in [5.74, 6) is -1.60. The predicted octanol–water partition coefficient (Wildman–Crippen LogP) is 1.82. The number of nitrogens with one attached hydrogen (secondary N) is 2. The molecule has 0 aromatic heterocycles. The quantitative estimate of drug-likeness (QED) is 0.686. The van der Waals surface area contributed by atoms with Crippen LogP contribution in [-0.2, 0) is 9.59 Å². The summed E-state index contributed by atoms with van der Waals surface area (Å²) in [7, 11) is 1.48. The van der Waals surface area contributed by atoms with Gasteiger partial charge in [0.05, 0.1) is 18.6 Å². The minimum absolute atomic E-state index is 0.120. The SMILES string of the molecule is COc1ccccc1C(=O)NC(C(=O)N[C@H]1CC[C@@H](C(=O)O)C1)C(C)C. The van der Waals surface area contributed by atoms with Crippen LogP contribution in [0.4, 0.5) is 0 Å². The van der Waals surface area contributed by atoms with Crippen molar-refractivity contribution in [3.8, 4) is 5.75 Å². The van der Waals surface area contributed by atoms with Crippen LogP contribution in [0.3, 0.4) is 0 Å². The molecule has 0 radical (unpaired) electrons. The Kier molecular flexibility index (Phi) is 6.60. The van der Waals surface area contributed by atoms with Crippen LogP contribution in [0.2, 0.25) is 0 Å². The fraction of sp³-hybridized carbons (Fsp3) is 0.526. The molecule has 2 amide bonds. The second kappa shape index (κ2) is 8.69. The van der Waals surface area contributed by atoms with E-state index < -0.39 is 17.9 Å². The number of methoxy groups -OCH3 is 1. The van der Waals surface area contributed by atoms with Crippen LogP contribution in [0.1, 0.15) is 43.5 Å². The Morgan fingerprint density at radius 1 is 1.19 bits per heavy atom. The number of para-hydroxylation sites is 1. The fourth-order valence-corrected chi connectivity index (χ4v) is 3.21. The van der Waals surface area contributed by atoms with Gasteiger partial charge in [-0.05, 0) is 37.3 Å². The Hall–Kier alpha value is -2.57. The van der Waals surface area contributed by atoms with Crippen molar-refractivity contribution in [1.29, 1.82) is 0 Å². The van der Waals surface area contributed by atoms with Gasteiger partial charge in [0.2, 0.25) is 5.91 Å². The molecular weight excluding hydrogens is 336 g/mol. The highest BCUT2D eigenvalue weighted by atomic mass is 16.5. The van der Waals surface area contributed by atoms with Gasteiger partial charge >= 0.3 is 5.97 Å². The number of carbonyl (C=O) groups excluding carboxylic acids is 2. The maximum Gasteiger partial charge on any atom is 0.306 e. The lowest BCUT2D eigenvalue weighted by molar-refractivity contribution is -0.141. The maximum absolute atomic E-state index is 12.6. The number of hydrogen-bond acceptors (Lipinski definition) is 4. The normalized spacial score (nSPS) is 20.5. The largest absolute Gasteiger partial charge is 0.496 e. The maximum atomic E-state index is 12.6. The molecule has 7 heteroatoms. The van der Waals surface area contributed by atoms with Gasteiger partial charge in [-0.25, -0.2) is 0 Å². The van der Waals surface area contributed by atoms with E-state index in [9.17, 15) is 14.4 Å². The van der Waals surface area contributed by atoms with Gasteiger partial charge < -0.3 is 20.5 Å². The Balaban J connectivity index is 2.03. The van der Waals surface area contributed by atoms with Gasteiger partial charge in [-0.2, -0.15) is 0 Å². The summed E-state index contributed by atoms with van der Waals surface area (Å²) in [4.78, 5) is 36.3. The number of hydrogen-bond donors (Lipinski definition) is 3. The minimum atomic E-state index is -0.827. The van der Waals surface area contributed by atoms with Gasteiger partial charge in [0, 0.05) is 6.04 Å². The van der Waals surface area contributed by atoms with Crippen LogP contribution in [0.25, 0.3) is 0 Å². The van der Waals surface area contributed by atoms with E-state index in [1.165, 1.54) is 7.11 Å². The number of benzene rings is 1. The summed E-state index contributed by atoms with van der Waals surface area (Å²) in [6.45, 7) is 3.70. The molecule has 0 heterocycles. The molecule has 0 bridgehead atoms. The predicted molar refractivity (Wildman–Crippen MR) is 96.0 cm³/mol. The van der Waals surface area contributed by atoms with Gasteiger partial charge in [-0.1, -0.05) is 26.0 Å². The molecule has 2 rings (SSSR count). The first-order chi connectivity index (χ1) is 12.3. The van der Waals surface area contributed by atoms with E-state index in [0.29, 0.717) is 30.6 Å². The topological polar surface area (TPSA) is 105 Å². The highest BCUT2D eigenvalue weighted by Gasteiger charge is 2.33. The molecule has 1 aliphatic rings. The zero-order valence-electron chi connectivity index (χ0n) is 15.3. The summed E-state index contributed by atoms with van der Waals surface area (Å²) >= 11 is 0. The standard InChI is InChI=1S/C19H26N2O5/c1-11(2)16(18(23)20-13-9-8-12(10-13)19(24)25)21-17(22)14-6-4-5-7-15(14)26-3/h4-7,11-13,16H,8-10H2,1-3H3,(H,20,23)(H,21,22)(H,24,25)/t12-,13+,16?/m1/s1. The lowest BCUT2D eigenvalue weighted by Crippen LogP contribution is -2.51. The van der Waals surface area contributed by atoms with Crippen molar-refractivity contribution < 1.29 is 24.2 Å². The number of ether oxygens (including phenoxy) is 1. The Morgan fingerprint density at radius 3 is 2.46 bits per heavy atom. The van der Waals surface area contributed by atoms with Crippen LogP contribution in [0.5, 0.6) is 5.75 Å². The zero-order valence-corrected chi connectivity index (χ0v) is 15.3. The first-order valence-electron chi connectivity index (χ1n) is 8.80. The highest BCUT2D eigenvalue weighted by Crippen LogP contribution is 2.26. The number of carboxylic acids is 1. The summed E-state index contributed by atoms with van der Waals surface area (Å²) in [5.41, 5.74) is 0.361. The monoisotopic (exact) mass is 362 g/mol. The molecule has 3 atom stereocenters. The molecule has 1 aromatic rings. The van der Waals surface area contributed by atoms with Crippen LogP contribution < -0.4 is 15.4 Å². The molecule has 3 N–H and O–H groups in total. The van der Waals surface area contributed by atoms with E-state index in [2.05, 4.69) is 10.6 Å². The number of rotatable bonds is 7. The molecular formula is C19H26N2O5. The third-order valence-electron chi connectivity index (χ3n) is 4.72. The fourth-order valence-electron chi connectivity index (χ4n) is 3.21. The Bertz CT molecular complexity index is 674. The molecule has 1 saturated carbocycles. The first-order valence-corrected chi connectivity index (χ1v) is 8.80. The molecule has 0 spiro atoms. The van der Waals surface area contributed by atoms with E-state index in [4.69, 9.17) is 9.84 Å². The van der Waals surface area contributed by atoms with E-state index in [1.807, 2.05) is 13.8 Å². The third kappa shape index (κ3) is 4.74. The Morgan fingerprint density at radius 2 is 1.88 bits per heavy atom. The summed E-state index contributed by atoms with van der Waals surface area (Å²) in [5, 5.41) is 14.7. The second-order valence-corrected chi connectivity index (χ2v) is 6.95. The number of carbonyl (C=O) groups is 3. The molecule has 1 unspecified atom stereocenters.